The predicted octanol–water partition coefficient (Wildman–Crippen LogP) is 2.32. The molecule has 2 atom stereocenters. The molecule has 0 amide bonds. The van der Waals surface area contributed by atoms with Crippen molar-refractivity contribution in [2.24, 2.45) is 0 Å². The minimum atomic E-state index is -0.182. The van der Waals surface area contributed by atoms with Gasteiger partial charge in [-0.2, -0.15) is 0 Å². The standard InChI is InChI=1S/C14H18ClNO2/c15-13-3-1-2-9(8-17)14(13)16-10-4-5-11(16)7-12(18)6-10/h1-3,10-12,17-18H,4-8H2. The quantitative estimate of drug-likeness (QED) is 0.864. The van der Waals surface area contributed by atoms with E-state index in [0.29, 0.717) is 17.1 Å². The van der Waals surface area contributed by atoms with Crippen LogP contribution in [0.5, 0.6) is 0 Å². The summed E-state index contributed by atoms with van der Waals surface area (Å²) in [4.78, 5) is 2.33. The normalized spacial score (nSPS) is 30.8. The monoisotopic (exact) mass is 267 g/mol. The van der Waals surface area contributed by atoms with Gasteiger partial charge in [-0.05, 0) is 31.7 Å². The third kappa shape index (κ3) is 1.91. The summed E-state index contributed by atoms with van der Waals surface area (Å²) in [5.74, 6) is 0. The summed E-state index contributed by atoms with van der Waals surface area (Å²) in [6.45, 7) is 0.00832. The number of hydrogen-bond acceptors (Lipinski definition) is 3. The molecule has 2 aliphatic heterocycles. The van der Waals surface area contributed by atoms with E-state index >= 15 is 0 Å². The Labute approximate surface area is 112 Å². The lowest BCUT2D eigenvalue weighted by atomic mass is 9.98. The second kappa shape index (κ2) is 4.72. The van der Waals surface area contributed by atoms with Crippen LogP contribution in [0.3, 0.4) is 0 Å². The number of anilines is 1. The first-order chi connectivity index (χ1) is 8.70. The number of hydrogen-bond donors (Lipinski definition) is 2. The van der Waals surface area contributed by atoms with Crippen LogP contribution in [0.4, 0.5) is 5.69 Å². The summed E-state index contributed by atoms with van der Waals surface area (Å²) in [6.07, 6.45) is 3.66. The van der Waals surface area contributed by atoms with Gasteiger partial charge < -0.3 is 15.1 Å². The second-order valence-corrected chi connectivity index (χ2v) is 5.73. The first-order valence-electron chi connectivity index (χ1n) is 6.55. The molecule has 0 aromatic heterocycles. The Balaban J connectivity index is 2.01. The molecule has 2 saturated heterocycles. The average Bonchev–Trinajstić information content (AvgIpc) is 2.61. The summed E-state index contributed by atoms with van der Waals surface area (Å²) in [5.41, 5.74) is 1.86. The Morgan fingerprint density at radius 2 is 1.89 bits per heavy atom. The molecular formula is C14H18ClNO2. The molecule has 2 bridgehead atoms. The fourth-order valence-electron chi connectivity index (χ4n) is 3.49. The number of rotatable bonds is 2. The SMILES string of the molecule is OCc1cccc(Cl)c1N1C2CCC1CC(O)C2. The highest BCUT2D eigenvalue weighted by atomic mass is 35.5. The number of aliphatic hydroxyl groups excluding tert-OH is 2. The number of benzene rings is 1. The smallest absolute Gasteiger partial charge is 0.0702 e. The van der Waals surface area contributed by atoms with Crippen LogP contribution in [0.1, 0.15) is 31.2 Å². The van der Waals surface area contributed by atoms with Gasteiger partial charge >= 0.3 is 0 Å². The minimum absolute atomic E-state index is 0.00832. The number of halogens is 1. The summed E-state index contributed by atoms with van der Waals surface area (Å²) in [7, 11) is 0. The Hall–Kier alpha value is -0.770. The van der Waals surface area contributed by atoms with E-state index in [1.807, 2.05) is 18.2 Å². The maximum Gasteiger partial charge on any atom is 0.0702 e. The number of para-hydroxylation sites is 1. The third-order valence-electron chi connectivity index (χ3n) is 4.21. The molecule has 3 nitrogen and oxygen atoms in total. The van der Waals surface area contributed by atoms with E-state index in [0.717, 1.165) is 36.9 Å². The van der Waals surface area contributed by atoms with Crippen LogP contribution in [0, 0.1) is 0 Å². The first-order valence-corrected chi connectivity index (χ1v) is 6.93. The number of fused-ring (bicyclic) bond motifs is 2. The van der Waals surface area contributed by atoms with Gasteiger partial charge in [-0.1, -0.05) is 23.7 Å². The van der Waals surface area contributed by atoms with Crippen molar-refractivity contribution < 1.29 is 10.2 Å². The van der Waals surface area contributed by atoms with Crippen molar-refractivity contribution in [3.8, 4) is 0 Å². The van der Waals surface area contributed by atoms with E-state index in [1.54, 1.807) is 0 Å². The lowest BCUT2D eigenvalue weighted by Crippen LogP contribution is -2.45. The van der Waals surface area contributed by atoms with Crippen LogP contribution in [0.15, 0.2) is 18.2 Å². The molecule has 3 rings (SSSR count). The summed E-state index contributed by atoms with van der Waals surface area (Å²) < 4.78 is 0. The van der Waals surface area contributed by atoms with Gasteiger partial charge in [0.05, 0.1) is 23.4 Å². The lowest BCUT2D eigenvalue weighted by Gasteiger charge is -2.40. The van der Waals surface area contributed by atoms with Gasteiger partial charge in [0, 0.05) is 17.6 Å². The fraction of sp³-hybridized carbons (Fsp3) is 0.571. The van der Waals surface area contributed by atoms with Gasteiger partial charge in [0.25, 0.3) is 0 Å². The van der Waals surface area contributed by atoms with Crippen molar-refractivity contribution in [2.75, 3.05) is 4.90 Å². The largest absolute Gasteiger partial charge is 0.393 e. The lowest BCUT2D eigenvalue weighted by molar-refractivity contribution is 0.126. The molecule has 2 unspecified atom stereocenters. The zero-order chi connectivity index (χ0) is 12.7. The zero-order valence-electron chi connectivity index (χ0n) is 10.2. The number of piperidine rings is 1. The van der Waals surface area contributed by atoms with Crippen molar-refractivity contribution >= 4 is 17.3 Å². The summed E-state index contributed by atoms with van der Waals surface area (Å²) in [6, 6.07) is 6.40. The third-order valence-corrected chi connectivity index (χ3v) is 4.51. The van der Waals surface area contributed by atoms with Crippen molar-refractivity contribution in [1.82, 2.24) is 0 Å². The van der Waals surface area contributed by atoms with E-state index in [-0.39, 0.29) is 12.7 Å². The molecule has 0 aliphatic carbocycles. The van der Waals surface area contributed by atoms with E-state index in [4.69, 9.17) is 11.6 Å². The van der Waals surface area contributed by atoms with Crippen LogP contribution >= 0.6 is 11.6 Å². The van der Waals surface area contributed by atoms with Crippen LogP contribution in [0.25, 0.3) is 0 Å². The minimum Gasteiger partial charge on any atom is -0.393 e. The van der Waals surface area contributed by atoms with E-state index in [9.17, 15) is 10.2 Å². The molecule has 0 radical (unpaired) electrons. The highest BCUT2D eigenvalue weighted by Crippen LogP contribution is 2.43. The highest BCUT2D eigenvalue weighted by molar-refractivity contribution is 6.33. The Morgan fingerprint density at radius 3 is 2.50 bits per heavy atom. The van der Waals surface area contributed by atoms with E-state index < -0.39 is 0 Å². The second-order valence-electron chi connectivity index (χ2n) is 5.32. The van der Waals surface area contributed by atoms with Crippen molar-refractivity contribution in [3.05, 3.63) is 28.8 Å². The van der Waals surface area contributed by atoms with Gasteiger partial charge in [0.2, 0.25) is 0 Å². The Kier molecular flexibility index (Phi) is 3.22. The molecule has 4 heteroatoms. The Morgan fingerprint density at radius 1 is 1.22 bits per heavy atom. The highest BCUT2D eigenvalue weighted by Gasteiger charge is 2.41. The maximum absolute atomic E-state index is 9.84. The summed E-state index contributed by atoms with van der Waals surface area (Å²) >= 11 is 6.32. The molecule has 0 spiro atoms. The van der Waals surface area contributed by atoms with Crippen LogP contribution in [-0.2, 0) is 6.61 Å². The molecule has 2 N–H and O–H groups in total. The van der Waals surface area contributed by atoms with Gasteiger partial charge in [-0.3, -0.25) is 0 Å². The first kappa shape index (κ1) is 12.3. The number of aliphatic hydroxyl groups is 2. The number of nitrogens with zero attached hydrogens (tertiary/aromatic N) is 1. The fourth-order valence-corrected chi connectivity index (χ4v) is 3.78. The molecule has 0 saturated carbocycles. The average molecular weight is 268 g/mol. The van der Waals surface area contributed by atoms with Gasteiger partial charge in [0.15, 0.2) is 0 Å². The summed E-state index contributed by atoms with van der Waals surface area (Å²) in [5, 5.41) is 20.0. The van der Waals surface area contributed by atoms with Crippen LogP contribution in [0.2, 0.25) is 5.02 Å². The molecule has 1 aromatic carbocycles. The van der Waals surface area contributed by atoms with Crippen LogP contribution in [-0.4, -0.2) is 28.4 Å². The molecule has 18 heavy (non-hydrogen) atoms. The van der Waals surface area contributed by atoms with Gasteiger partial charge in [-0.15, -0.1) is 0 Å². The van der Waals surface area contributed by atoms with Crippen molar-refractivity contribution in [1.29, 1.82) is 0 Å². The molecule has 1 aromatic rings. The van der Waals surface area contributed by atoms with Gasteiger partial charge in [0.1, 0.15) is 0 Å². The topological polar surface area (TPSA) is 43.7 Å². The zero-order valence-corrected chi connectivity index (χ0v) is 11.0. The molecule has 98 valence electrons. The molecule has 2 fully saturated rings. The Bertz CT molecular complexity index is 437. The van der Waals surface area contributed by atoms with E-state index in [1.165, 1.54) is 0 Å². The van der Waals surface area contributed by atoms with Crippen molar-refractivity contribution in [3.63, 3.8) is 0 Å². The van der Waals surface area contributed by atoms with Crippen LogP contribution < -0.4 is 4.90 Å². The van der Waals surface area contributed by atoms with Gasteiger partial charge in [-0.25, -0.2) is 0 Å². The molecule has 2 heterocycles. The van der Waals surface area contributed by atoms with E-state index in [2.05, 4.69) is 4.90 Å². The molecular weight excluding hydrogens is 250 g/mol. The maximum atomic E-state index is 9.84. The molecule has 2 aliphatic rings. The predicted molar refractivity (Wildman–Crippen MR) is 71.9 cm³/mol. The van der Waals surface area contributed by atoms with Crippen molar-refractivity contribution in [2.45, 2.75) is 50.5 Å².